The van der Waals surface area contributed by atoms with E-state index < -0.39 is 11.0 Å². The Kier molecular flexibility index (Phi) is 4.69. The van der Waals surface area contributed by atoms with Crippen molar-refractivity contribution < 1.29 is 14.6 Å². The molecule has 3 nitrogen and oxygen atoms in total. The number of carbonyl (C=O) groups is 1. The van der Waals surface area contributed by atoms with Crippen molar-refractivity contribution in [3.8, 4) is 0 Å². The third-order valence-corrected chi connectivity index (χ3v) is 1.92. The van der Waals surface area contributed by atoms with E-state index >= 15 is 0 Å². The highest BCUT2D eigenvalue weighted by atomic mass is 16.5. The Bertz CT molecular complexity index is 249. The van der Waals surface area contributed by atoms with E-state index in [1.54, 1.807) is 13.8 Å². The van der Waals surface area contributed by atoms with Gasteiger partial charge in [-0.25, -0.2) is 0 Å². The van der Waals surface area contributed by atoms with Gasteiger partial charge in [0.1, 0.15) is 0 Å². The van der Waals surface area contributed by atoms with E-state index in [1.165, 1.54) is 0 Å². The predicted octanol–water partition coefficient (Wildman–Crippen LogP) is 1.68. The second kappa shape index (κ2) is 4.82. The molecule has 0 unspecified atom stereocenters. The molecular weight excluding hydrogens is 202 g/mol. The van der Waals surface area contributed by atoms with Crippen LogP contribution in [0, 0.1) is 0 Å². The summed E-state index contributed by atoms with van der Waals surface area (Å²) < 4.78 is 5.39. The van der Waals surface area contributed by atoms with Crippen molar-refractivity contribution in [2.24, 2.45) is 0 Å². The van der Waals surface area contributed by atoms with Gasteiger partial charge in [-0.1, -0.05) is 26.1 Å². The topological polar surface area (TPSA) is 46.5 Å². The molecule has 0 saturated heterocycles. The maximum Gasteiger partial charge on any atom is 0.296 e. The van der Waals surface area contributed by atoms with Crippen molar-refractivity contribution in [2.45, 2.75) is 64.8 Å². The molecule has 0 spiro atoms. The summed E-state index contributed by atoms with van der Waals surface area (Å²) in [6.45, 7) is 13.3. The second-order valence-corrected chi connectivity index (χ2v) is 6.96. The van der Waals surface area contributed by atoms with Crippen molar-refractivity contribution >= 4 is 20.4 Å². The van der Waals surface area contributed by atoms with E-state index in [0.717, 1.165) is 7.28 Å². The highest BCUT2D eigenvalue weighted by Crippen LogP contribution is 2.27. The minimum Gasteiger partial charge on any atom is -0.477 e. The van der Waals surface area contributed by atoms with Crippen LogP contribution in [0.25, 0.3) is 0 Å². The molecule has 0 saturated carbocycles. The minimum absolute atomic E-state index is 0.0283. The predicted molar refractivity (Wildman–Crippen MR) is 70.9 cm³/mol. The van der Waals surface area contributed by atoms with Gasteiger partial charge in [-0.15, -0.1) is 0 Å². The Morgan fingerprint density at radius 2 is 1.50 bits per heavy atom. The lowest BCUT2D eigenvalue weighted by Crippen LogP contribution is -2.43. The number of aliphatic hydroxyl groups is 1. The first-order valence-electron chi connectivity index (χ1n) is 5.75. The van der Waals surface area contributed by atoms with Gasteiger partial charge in [-0.3, -0.25) is 4.79 Å². The summed E-state index contributed by atoms with van der Waals surface area (Å²) in [6, 6.07) is 0. The summed E-state index contributed by atoms with van der Waals surface area (Å²) in [5.41, 5.74) is -1.49. The Hall–Kier alpha value is -0.440. The molecule has 16 heavy (non-hydrogen) atoms. The lowest BCUT2D eigenvalue weighted by Gasteiger charge is -2.31. The van der Waals surface area contributed by atoms with Gasteiger partial charge in [0.25, 0.3) is 13.1 Å². The average Bonchev–Trinajstić information content (AvgIpc) is 1.70. The average molecular weight is 226 g/mol. The normalized spacial score (nSPS) is 13.2. The molecule has 0 aliphatic carbocycles. The molecule has 0 aliphatic rings. The molecule has 0 heterocycles. The Labute approximate surface area is 100 Å². The van der Waals surface area contributed by atoms with Crippen molar-refractivity contribution in [2.75, 3.05) is 0 Å². The van der Waals surface area contributed by atoms with Crippen LogP contribution in [0.15, 0.2) is 0 Å². The summed E-state index contributed by atoms with van der Waals surface area (Å²) in [4.78, 5) is 11.6. The minimum atomic E-state index is -1.01. The lowest BCUT2D eigenvalue weighted by molar-refractivity contribution is 0.106. The summed E-state index contributed by atoms with van der Waals surface area (Å²) in [6.07, 6.45) is 0. The van der Waals surface area contributed by atoms with E-state index in [0.29, 0.717) is 0 Å². The Balaban J connectivity index is 4.32. The van der Waals surface area contributed by atoms with Crippen LogP contribution in [0.3, 0.4) is 0 Å². The lowest BCUT2D eigenvalue weighted by atomic mass is 9.46. The smallest absolute Gasteiger partial charge is 0.296 e. The number of rotatable bonds is 4. The molecule has 0 amide bonds. The second-order valence-electron chi connectivity index (χ2n) is 6.96. The largest absolute Gasteiger partial charge is 0.477 e. The molecule has 0 fully saturated rings. The van der Waals surface area contributed by atoms with Crippen molar-refractivity contribution in [3.05, 3.63) is 0 Å². The zero-order valence-corrected chi connectivity index (χ0v) is 11.7. The van der Waals surface area contributed by atoms with Crippen molar-refractivity contribution in [1.29, 1.82) is 0 Å². The highest BCUT2D eigenvalue weighted by Gasteiger charge is 2.32. The van der Waals surface area contributed by atoms with Gasteiger partial charge in [0.05, 0.1) is 5.50 Å². The van der Waals surface area contributed by atoms with Crippen LogP contribution in [-0.2, 0) is 4.74 Å². The molecule has 5 heteroatoms. The molecule has 0 bridgehead atoms. The SMILES string of the molecule is CC(C)(C)BC(C)(C)OC(=O)BC(C)(C)O. The zero-order chi connectivity index (χ0) is 13.2. The number of carbonyl (C=O) groups excluding carboxylic acids is 1. The van der Waals surface area contributed by atoms with Crippen LogP contribution in [0.2, 0.25) is 5.31 Å². The molecule has 1 N–H and O–H groups in total. The van der Waals surface area contributed by atoms with Crippen LogP contribution < -0.4 is 0 Å². The Morgan fingerprint density at radius 3 is 1.81 bits per heavy atom. The first kappa shape index (κ1) is 15.6. The fourth-order valence-corrected chi connectivity index (χ4v) is 2.01. The fourth-order valence-electron chi connectivity index (χ4n) is 2.01. The maximum absolute atomic E-state index is 11.6. The van der Waals surface area contributed by atoms with E-state index in [9.17, 15) is 9.90 Å². The molecule has 0 radical (unpaired) electrons. The summed E-state index contributed by atoms with van der Waals surface area (Å²) in [7, 11) is 0.818. The van der Waals surface area contributed by atoms with Crippen LogP contribution in [0.5, 0.6) is 0 Å². The molecule has 0 rings (SSSR count). The fraction of sp³-hybridized carbons (Fsp3) is 0.909. The molecule has 0 aromatic carbocycles. The summed E-state index contributed by atoms with van der Waals surface area (Å²) in [5, 5.41) is 9.63. The molecule has 0 aromatic heterocycles. The van der Waals surface area contributed by atoms with Gasteiger partial charge >= 0.3 is 0 Å². The van der Waals surface area contributed by atoms with Gasteiger partial charge < -0.3 is 9.84 Å². The third-order valence-electron chi connectivity index (χ3n) is 1.92. The van der Waals surface area contributed by atoms with Crippen LogP contribution in [0.4, 0.5) is 4.79 Å². The molecule has 0 atom stereocenters. The van der Waals surface area contributed by atoms with Gasteiger partial charge in [0.2, 0.25) is 0 Å². The van der Waals surface area contributed by atoms with E-state index in [4.69, 9.17) is 4.74 Å². The molecule has 0 aliphatic heterocycles. The number of hydrogen-bond donors (Lipinski definition) is 1. The molecule has 0 aromatic rings. The summed E-state index contributed by atoms with van der Waals surface area (Å²) >= 11 is 0. The van der Waals surface area contributed by atoms with Crippen molar-refractivity contribution in [3.63, 3.8) is 0 Å². The monoisotopic (exact) mass is 226 g/mol. The Morgan fingerprint density at radius 1 is 1.06 bits per heavy atom. The first-order chi connectivity index (χ1) is 6.81. The molecule has 92 valence electrons. The maximum atomic E-state index is 11.6. The van der Waals surface area contributed by atoms with E-state index in [1.807, 2.05) is 13.8 Å². The van der Waals surface area contributed by atoms with Crippen LogP contribution in [-0.4, -0.2) is 36.5 Å². The van der Waals surface area contributed by atoms with Crippen LogP contribution in [0.1, 0.15) is 48.5 Å². The number of hydrogen-bond acceptors (Lipinski definition) is 3. The highest BCUT2D eigenvalue weighted by molar-refractivity contribution is 6.74. The van der Waals surface area contributed by atoms with E-state index in [2.05, 4.69) is 20.8 Å². The van der Waals surface area contributed by atoms with Crippen LogP contribution >= 0.6 is 0 Å². The third kappa shape index (κ3) is 8.84. The van der Waals surface area contributed by atoms with Gasteiger partial charge in [-0.2, -0.15) is 0 Å². The van der Waals surface area contributed by atoms with Gasteiger partial charge in [0, 0.05) is 5.50 Å². The summed E-state index contributed by atoms with van der Waals surface area (Å²) in [5.74, 6) is -0.346. The first-order valence-corrected chi connectivity index (χ1v) is 5.75. The van der Waals surface area contributed by atoms with Crippen molar-refractivity contribution in [1.82, 2.24) is 0 Å². The number of ether oxygens (including phenoxy) is 1. The van der Waals surface area contributed by atoms with E-state index in [-0.39, 0.29) is 18.5 Å². The zero-order valence-electron chi connectivity index (χ0n) is 11.7. The quantitative estimate of drug-likeness (QED) is 0.741. The van der Waals surface area contributed by atoms with Gasteiger partial charge in [-0.05, 0) is 27.7 Å². The van der Waals surface area contributed by atoms with Gasteiger partial charge in [0.15, 0.2) is 7.28 Å². The standard InChI is InChI=1S/C11H24B2O3/c1-9(2,3)13-11(6,7)16-8(14)12-10(4,5)15/h12-13,15H,1-7H3. The molecular formula is C11H24B2O3.